The van der Waals surface area contributed by atoms with Gasteiger partial charge in [0.25, 0.3) is 0 Å². The minimum Gasteiger partial charge on any atom is -0.339 e. The Kier molecular flexibility index (Phi) is 4.94. The maximum atomic E-state index is 5.36. The number of rotatable bonds is 6. The first kappa shape index (κ1) is 16.6. The second-order valence-electron chi connectivity index (χ2n) is 7.85. The van der Waals surface area contributed by atoms with Gasteiger partial charge in [0.1, 0.15) is 5.82 Å². The highest BCUT2D eigenvalue weighted by molar-refractivity contribution is 4.95. The van der Waals surface area contributed by atoms with Crippen molar-refractivity contribution in [3.05, 3.63) is 36.0 Å². The Labute approximate surface area is 132 Å². The fraction of sp³-hybridized carbons (Fsp3) is 0.647. The molecule has 22 heavy (non-hydrogen) atoms. The molecule has 0 radical (unpaired) electrons. The predicted molar refractivity (Wildman–Crippen MR) is 85.3 cm³/mol. The normalized spacial score (nSPS) is 12.6. The van der Waals surface area contributed by atoms with Crippen LogP contribution in [0.25, 0.3) is 0 Å². The molecular weight excluding hydrogens is 276 g/mol. The molecule has 0 unspecified atom stereocenters. The Balaban J connectivity index is 1.89. The van der Waals surface area contributed by atoms with E-state index >= 15 is 0 Å². The quantitative estimate of drug-likeness (QED) is 0.815. The minimum absolute atomic E-state index is 0.0972. The van der Waals surface area contributed by atoms with Crippen molar-refractivity contribution in [3.63, 3.8) is 0 Å². The standard InChI is InChI=1S/C17H26N4O/c1-16(2,3)11-14-20-15(22-21-14)7-8-17(4,5)12-13-18-9-6-10-19-13/h6,9-10H,7-8,11-12H2,1-5H3. The zero-order valence-electron chi connectivity index (χ0n) is 14.3. The molecule has 0 saturated carbocycles. The largest absolute Gasteiger partial charge is 0.339 e. The van der Waals surface area contributed by atoms with E-state index in [0.717, 1.165) is 43.2 Å². The summed E-state index contributed by atoms with van der Waals surface area (Å²) in [5.41, 5.74) is 0.269. The summed E-state index contributed by atoms with van der Waals surface area (Å²) in [6.45, 7) is 11.0. The molecule has 0 bridgehead atoms. The van der Waals surface area contributed by atoms with Gasteiger partial charge in [-0.2, -0.15) is 4.98 Å². The van der Waals surface area contributed by atoms with Crippen molar-refractivity contribution in [2.75, 3.05) is 0 Å². The molecule has 0 N–H and O–H groups in total. The lowest BCUT2D eigenvalue weighted by atomic mass is 9.84. The second-order valence-corrected chi connectivity index (χ2v) is 7.85. The van der Waals surface area contributed by atoms with Crippen molar-refractivity contribution in [3.8, 4) is 0 Å². The molecule has 0 aromatic carbocycles. The van der Waals surface area contributed by atoms with E-state index in [-0.39, 0.29) is 10.8 Å². The molecule has 0 aliphatic carbocycles. The number of aromatic nitrogens is 4. The second kappa shape index (κ2) is 6.55. The van der Waals surface area contributed by atoms with E-state index in [2.05, 4.69) is 54.7 Å². The lowest BCUT2D eigenvalue weighted by Crippen LogP contribution is -2.18. The molecule has 2 aromatic heterocycles. The lowest BCUT2D eigenvalue weighted by Gasteiger charge is -2.22. The van der Waals surface area contributed by atoms with Crippen LogP contribution in [-0.2, 0) is 19.3 Å². The molecule has 2 heterocycles. The summed E-state index contributed by atoms with van der Waals surface area (Å²) in [4.78, 5) is 13.1. The molecule has 0 fully saturated rings. The third kappa shape index (κ3) is 5.54. The Hall–Kier alpha value is -1.78. The summed E-state index contributed by atoms with van der Waals surface area (Å²) >= 11 is 0. The van der Waals surface area contributed by atoms with E-state index in [4.69, 9.17) is 4.52 Å². The molecule has 5 nitrogen and oxygen atoms in total. The van der Waals surface area contributed by atoms with E-state index in [1.54, 1.807) is 12.4 Å². The fourth-order valence-electron chi connectivity index (χ4n) is 2.32. The molecule has 2 rings (SSSR count). The van der Waals surface area contributed by atoms with Gasteiger partial charge >= 0.3 is 0 Å². The van der Waals surface area contributed by atoms with Gasteiger partial charge in [-0.1, -0.05) is 39.8 Å². The van der Waals surface area contributed by atoms with Crippen LogP contribution in [0.1, 0.15) is 58.6 Å². The number of hydrogen-bond acceptors (Lipinski definition) is 5. The number of hydrogen-bond donors (Lipinski definition) is 0. The van der Waals surface area contributed by atoms with Crippen LogP contribution in [0, 0.1) is 10.8 Å². The summed E-state index contributed by atoms with van der Waals surface area (Å²) in [6.07, 6.45) is 7.00. The fourth-order valence-corrected chi connectivity index (χ4v) is 2.32. The third-order valence-electron chi connectivity index (χ3n) is 3.47. The van der Waals surface area contributed by atoms with Crippen LogP contribution in [0.5, 0.6) is 0 Å². The molecule has 0 aliphatic heterocycles. The van der Waals surface area contributed by atoms with E-state index in [0.29, 0.717) is 0 Å². The highest BCUT2D eigenvalue weighted by Crippen LogP contribution is 2.26. The zero-order valence-corrected chi connectivity index (χ0v) is 14.3. The van der Waals surface area contributed by atoms with Gasteiger partial charge in [-0.25, -0.2) is 9.97 Å². The number of aryl methyl sites for hydroxylation is 1. The molecule has 0 spiro atoms. The Morgan fingerprint density at radius 1 is 0.955 bits per heavy atom. The van der Waals surface area contributed by atoms with Crippen molar-refractivity contribution in [2.45, 2.75) is 60.3 Å². The van der Waals surface area contributed by atoms with Crippen LogP contribution in [0.2, 0.25) is 0 Å². The van der Waals surface area contributed by atoms with Crippen molar-refractivity contribution >= 4 is 0 Å². The van der Waals surface area contributed by atoms with Crippen molar-refractivity contribution < 1.29 is 4.52 Å². The molecular formula is C17H26N4O. The lowest BCUT2D eigenvalue weighted by molar-refractivity contribution is 0.296. The SMILES string of the molecule is CC(C)(C)Cc1noc(CCC(C)(C)Cc2ncccn2)n1. The molecule has 0 atom stereocenters. The third-order valence-corrected chi connectivity index (χ3v) is 3.47. The van der Waals surface area contributed by atoms with E-state index in [1.807, 2.05) is 6.07 Å². The predicted octanol–water partition coefficient (Wildman–Crippen LogP) is 3.65. The van der Waals surface area contributed by atoms with E-state index in [9.17, 15) is 0 Å². The van der Waals surface area contributed by atoms with Crippen molar-refractivity contribution in [1.82, 2.24) is 20.1 Å². The zero-order chi connectivity index (χ0) is 16.2. The summed E-state index contributed by atoms with van der Waals surface area (Å²) < 4.78 is 5.36. The van der Waals surface area contributed by atoms with E-state index in [1.165, 1.54) is 0 Å². The maximum Gasteiger partial charge on any atom is 0.226 e. The maximum absolute atomic E-state index is 5.36. The van der Waals surface area contributed by atoms with Crippen LogP contribution >= 0.6 is 0 Å². The van der Waals surface area contributed by atoms with Crippen molar-refractivity contribution in [2.24, 2.45) is 10.8 Å². The molecule has 0 amide bonds. The summed E-state index contributed by atoms with van der Waals surface area (Å²) in [5.74, 6) is 2.40. The van der Waals surface area contributed by atoms with Gasteiger partial charge in [0.15, 0.2) is 5.82 Å². The summed E-state index contributed by atoms with van der Waals surface area (Å²) in [7, 11) is 0. The molecule has 2 aromatic rings. The van der Waals surface area contributed by atoms with Crippen LogP contribution in [0.4, 0.5) is 0 Å². The van der Waals surface area contributed by atoms with Crippen LogP contribution in [0.15, 0.2) is 23.0 Å². The Morgan fingerprint density at radius 3 is 2.27 bits per heavy atom. The van der Waals surface area contributed by atoms with Crippen LogP contribution in [0.3, 0.4) is 0 Å². The summed E-state index contributed by atoms with van der Waals surface area (Å²) in [5, 5.41) is 4.08. The molecule has 5 heteroatoms. The van der Waals surface area contributed by atoms with Gasteiger partial charge in [0, 0.05) is 31.7 Å². The van der Waals surface area contributed by atoms with Gasteiger partial charge in [-0.05, 0) is 23.3 Å². The monoisotopic (exact) mass is 302 g/mol. The average Bonchev–Trinajstić information content (AvgIpc) is 2.83. The van der Waals surface area contributed by atoms with E-state index < -0.39 is 0 Å². The van der Waals surface area contributed by atoms with Gasteiger partial charge in [-0.3, -0.25) is 0 Å². The highest BCUT2D eigenvalue weighted by atomic mass is 16.5. The van der Waals surface area contributed by atoms with Gasteiger partial charge in [0.2, 0.25) is 5.89 Å². The molecule has 120 valence electrons. The topological polar surface area (TPSA) is 64.7 Å². The Bertz CT molecular complexity index is 584. The van der Waals surface area contributed by atoms with Gasteiger partial charge in [-0.15, -0.1) is 0 Å². The number of nitrogens with zero attached hydrogens (tertiary/aromatic N) is 4. The first-order valence-electron chi connectivity index (χ1n) is 7.81. The van der Waals surface area contributed by atoms with Crippen LogP contribution in [-0.4, -0.2) is 20.1 Å². The van der Waals surface area contributed by atoms with Crippen LogP contribution < -0.4 is 0 Å². The van der Waals surface area contributed by atoms with Gasteiger partial charge in [0.05, 0.1) is 0 Å². The first-order chi connectivity index (χ1) is 10.2. The smallest absolute Gasteiger partial charge is 0.226 e. The first-order valence-corrected chi connectivity index (χ1v) is 7.81. The minimum atomic E-state index is 0.0972. The molecule has 0 aliphatic rings. The average molecular weight is 302 g/mol. The molecule has 0 saturated heterocycles. The summed E-state index contributed by atoms with van der Waals surface area (Å²) in [6, 6.07) is 1.84. The Morgan fingerprint density at radius 2 is 1.64 bits per heavy atom. The van der Waals surface area contributed by atoms with Gasteiger partial charge < -0.3 is 4.52 Å². The van der Waals surface area contributed by atoms with Crippen molar-refractivity contribution in [1.29, 1.82) is 0 Å². The highest BCUT2D eigenvalue weighted by Gasteiger charge is 2.22.